The summed E-state index contributed by atoms with van der Waals surface area (Å²) < 4.78 is 0. The Morgan fingerprint density at radius 1 is 0.846 bits per heavy atom. The molecule has 4 aromatic rings. The molecule has 0 saturated carbocycles. The van der Waals surface area contributed by atoms with Crippen LogP contribution in [0.3, 0.4) is 0 Å². The van der Waals surface area contributed by atoms with Crippen molar-refractivity contribution in [2.24, 2.45) is 0 Å². The summed E-state index contributed by atoms with van der Waals surface area (Å²) in [6.45, 7) is 2.02. The van der Waals surface area contributed by atoms with Crippen LogP contribution in [-0.2, 0) is 6.42 Å². The number of nitrogens with zero attached hydrogens (tertiary/aromatic N) is 1. The number of hydrogen-bond acceptors (Lipinski definition) is 2. The van der Waals surface area contributed by atoms with Gasteiger partial charge in [-0.15, -0.1) is 0 Å². The van der Waals surface area contributed by atoms with Crippen LogP contribution in [0, 0.1) is 6.92 Å². The van der Waals surface area contributed by atoms with Crippen molar-refractivity contribution in [3.63, 3.8) is 0 Å². The van der Waals surface area contributed by atoms with Crippen molar-refractivity contribution in [2.45, 2.75) is 13.3 Å². The number of aryl methyl sites for hydroxylation is 1. The van der Waals surface area contributed by atoms with Gasteiger partial charge in [0.25, 0.3) is 0 Å². The molecule has 0 radical (unpaired) electrons. The lowest BCUT2D eigenvalue weighted by Crippen LogP contribution is -2.05. The van der Waals surface area contributed by atoms with E-state index in [1.54, 1.807) is 0 Å². The lowest BCUT2D eigenvalue weighted by atomic mass is 9.97. The second-order valence-corrected chi connectivity index (χ2v) is 6.52. The smallest absolute Gasteiger partial charge is 0.167 e. The van der Waals surface area contributed by atoms with Crippen molar-refractivity contribution >= 4 is 16.7 Å². The third kappa shape index (κ3) is 3.27. The van der Waals surface area contributed by atoms with E-state index in [0.29, 0.717) is 6.42 Å². The van der Waals surface area contributed by atoms with E-state index in [0.717, 1.165) is 38.9 Å². The van der Waals surface area contributed by atoms with E-state index < -0.39 is 0 Å². The van der Waals surface area contributed by atoms with Crippen molar-refractivity contribution in [2.75, 3.05) is 0 Å². The summed E-state index contributed by atoms with van der Waals surface area (Å²) in [4.78, 5) is 17.6. The van der Waals surface area contributed by atoms with Crippen LogP contribution in [0.15, 0.2) is 84.9 Å². The molecule has 0 bridgehead atoms. The number of rotatable bonds is 4. The van der Waals surface area contributed by atoms with Crippen LogP contribution in [0.5, 0.6) is 0 Å². The molecule has 4 rings (SSSR count). The zero-order valence-corrected chi connectivity index (χ0v) is 14.6. The molecule has 0 unspecified atom stereocenters. The van der Waals surface area contributed by atoms with Crippen molar-refractivity contribution in [1.82, 2.24) is 4.98 Å². The monoisotopic (exact) mass is 337 g/mol. The van der Waals surface area contributed by atoms with Crippen molar-refractivity contribution in [1.29, 1.82) is 0 Å². The van der Waals surface area contributed by atoms with E-state index in [1.807, 2.05) is 91.9 Å². The first-order chi connectivity index (χ1) is 12.7. The third-order valence-electron chi connectivity index (χ3n) is 4.60. The fraction of sp³-hybridized carbons (Fsp3) is 0.0833. The zero-order valence-electron chi connectivity index (χ0n) is 14.6. The van der Waals surface area contributed by atoms with Gasteiger partial charge in [0, 0.05) is 22.9 Å². The first-order valence-electron chi connectivity index (χ1n) is 8.75. The van der Waals surface area contributed by atoms with Gasteiger partial charge in [0.05, 0.1) is 11.2 Å². The van der Waals surface area contributed by atoms with Gasteiger partial charge in [0.2, 0.25) is 0 Å². The molecule has 0 spiro atoms. The molecular formula is C24H19NO. The van der Waals surface area contributed by atoms with Gasteiger partial charge in [0.15, 0.2) is 5.78 Å². The molecule has 0 aliphatic heterocycles. The van der Waals surface area contributed by atoms with Crippen LogP contribution >= 0.6 is 0 Å². The molecular weight excluding hydrogens is 318 g/mol. The maximum absolute atomic E-state index is 12.8. The largest absolute Gasteiger partial charge is 0.294 e. The molecule has 0 N–H and O–H groups in total. The number of pyridine rings is 1. The minimum absolute atomic E-state index is 0.125. The van der Waals surface area contributed by atoms with Crippen LogP contribution in [0.1, 0.15) is 21.5 Å². The summed E-state index contributed by atoms with van der Waals surface area (Å²) in [5.41, 5.74) is 5.79. The van der Waals surface area contributed by atoms with Gasteiger partial charge in [0.1, 0.15) is 0 Å². The van der Waals surface area contributed by atoms with Gasteiger partial charge in [-0.3, -0.25) is 4.79 Å². The first-order valence-corrected chi connectivity index (χ1v) is 8.75. The van der Waals surface area contributed by atoms with E-state index in [4.69, 9.17) is 4.98 Å². The summed E-state index contributed by atoms with van der Waals surface area (Å²) in [5.74, 6) is 0.125. The zero-order chi connectivity index (χ0) is 17.9. The fourth-order valence-electron chi connectivity index (χ4n) is 3.17. The average Bonchev–Trinajstić information content (AvgIpc) is 2.69. The Kier molecular flexibility index (Phi) is 4.32. The SMILES string of the molecule is Cc1ccc(C(=O)Cc2cc(-c3ccccc3)nc3ccccc23)cc1. The number of hydrogen-bond donors (Lipinski definition) is 0. The predicted octanol–water partition coefficient (Wildman–Crippen LogP) is 5.64. The maximum Gasteiger partial charge on any atom is 0.167 e. The molecule has 2 nitrogen and oxygen atoms in total. The molecule has 126 valence electrons. The van der Waals surface area contributed by atoms with E-state index in [9.17, 15) is 4.79 Å². The van der Waals surface area contributed by atoms with Crippen LogP contribution in [0.4, 0.5) is 0 Å². The molecule has 1 heterocycles. The van der Waals surface area contributed by atoms with Gasteiger partial charge in [-0.25, -0.2) is 4.98 Å². The molecule has 1 aromatic heterocycles. The molecule has 0 fully saturated rings. The second-order valence-electron chi connectivity index (χ2n) is 6.52. The van der Waals surface area contributed by atoms with Crippen LogP contribution < -0.4 is 0 Å². The van der Waals surface area contributed by atoms with E-state index >= 15 is 0 Å². The molecule has 2 heteroatoms. The highest BCUT2D eigenvalue weighted by Crippen LogP contribution is 2.25. The number of carbonyl (C=O) groups excluding carboxylic acids is 1. The highest BCUT2D eigenvalue weighted by Gasteiger charge is 2.12. The van der Waals surface area contributed by atoms with E-state index in [2.05, 4.69) is 0 Å². The molecule has 0 amide bonds. The van der Waals surface area contributed by atoms with Crippen molar-refractivity contribution in [3.05, 3.63) is 102 Å². The minimum atomic E-state index is 0.125. The Labute approximate surface area is 153 Å². The topological polar surface area (TPSA) is 30.0 Å². The standard InChI is InChI=1S/C24H19NO/c1-17-11-13-19(14-12-17)24(26)16-20-15-23(18-7-3-2-4-8-18)25-22-10-6-5-9-21(20)22/h2-15H,16H2,1H3. The molecule has 0 atom stereocenters. The highest BCUT2D eigenvalue weighted by molar-refractivity contribution is 6.00. The number of ketones is 1. The predicted molar refractivity (Wildman–Crippen MR) is 106 cm³/mol. The van der Waals surface area contributed by atoms with Crippen LogP contribution in [0.25, 0.3) is 22.2 Å². The molecule has 0 aliphatic rings. The highest BCUT2D eigenvalue weighted by atomic mass is 16.1. The van der Waals surface area contributed by atoms with Crippen LogP contribution in [-0.4, -0.2) is 10.8 Å². The number of fused-ring (bicyclic) bond motifs is 1. The lowest BCUT2D eigenvalue weighted by Gasteiger charge is -2.10. The van der Waals surface area contributed by atoms with E-state index in [1.165, 1.54) is 0 Å². The fourth-order valence-corrected chi connectivity index (χ4v) is 3.17. The Bertz CT molecular complexity index is 1070. The van der Waals surface area contributed by atoms with Gasteiger partial charge in [-0.05, 0) is 24.6 Å². The Morgan fingerprint density at radius 2 is 1.54 bits per heavy atom. The third-order valence-corrected chi connectivity index (χ3v) is 4.60. The summed E-state index contributed by atoms with van der Waals surface area (Å²) in [5, 5.41) is 1.03. The molecule has 0 aliphatic carbocycles. The Morgan fingerprint density at radius 3 is 2.31 bits per heavy atom. The quantitative estimate of drug-likeness (QED) is 0.451. The van der Waals surface area contributed by atoms with Crippen molar-refractivity contribution < 1.29 is 4.79 Å². The Hall–Kier alpha value is -3.26. The summed E-state index contributed by atoms with van der Waals surface area (Å²) >= 11 is 0. The lowest BCUT2D eigenvalue weighted by molar-refractivity contribution is 0.0993. The second kappa shape index (κ2) is 6.93. The molecule has 26 heavy (non-hydrogen) atoms. The van der Waals surface area contributed by atoms with Gasteiger partial charge in [-0.1, -0.05) is 78.4 Å². The number of para-hydroxylation sites is 1. The minimum Gasteiger partial charge on any atom is -0.294 e. The number of Topliss-reactive ketones (excluding diaryl/α,β-unsaturated/α-hetero) is 1. The number of benzene rings is 3. The number of carbonyl (C=O) groups is 1. The van der Waals surface area contributed by atoms with Gasteiger partial charge in [-0.2, -0.15) is 0 Å². The van der Waals surface area contributed by atoms with E-state index in [-0.39, 0.29) is 5.78 Å². The first kappa shape index (κ1) is 16.2. The summed E-state index contributed by atoms with van der Waals surface area (Å²) in [6, 6.07) is 27.9. The van der Waals surface area contributed by atoms with Crippen molar-refractivity contribution in [3.8, 4) is 11.3 Å². The van der Waals surface area contributed by atoms with Gasteiger partial charge >= 0.3 is 0 Å². The number of aromatic nitrogens is 1. The maximum atomic E-state index is 12.8. The summed E-state index contributed by atoms with van der Waals surface area (Å²) in [7, 11) is 0. The van der Waals surface area contributed by atoms with Crippen LogP contribution in [0.2, 0.25) is 0 Å². The average molecular weight is 337 g/mol. The Balaban J connectivity index is 1.78. The normalized spacial score (nSPS) is 10.8. The summed E-state index contributed by atoms with van der Waals surface area (Å²) in [6.07, 6.45) is 0.367. The molecule has 3 aromatic carbocycles. The van der Waals surface area contributed by atoms with Gasteiger partial charge < -0.3 is 0 Å². The molecule has 0 saturated heterocycles.